The minimum absolute atomic E-state index is 0.0718. The van der Waals surface area contributed by atoms with Crippen LogP contribution in [0.1, 0.15) is 32.6 Å². The van der Waals surface area contributed by atoms with E-state index in [2.05, 4.69) is 0 Å². The standard InChI is InChI=1S/C12H24N2O2/c1-9(15)8-14(2)12(16)11-6-4-3-5-10(11)7-13/h9-11,15H,3-8,13H2,1-2H3. The molecule has 3 atom stereocenters. The topological polar surface area (TPSA) is 66.6 Å². The van der Waals surface area contributed by atoms with E-state index in [0.29, 0.717) is 19.0 Å². The zero-order valence-corrected chi connectivity index (χ0v) is 10.4. The van der Waals surface area contributed by atoms with Crippen LogP contribution in [0.2, 0.25) is 0 Å². The van der Waals surface area contributed by atoms with Gasteiger partial charge in [-0.15, -0.1) is 0 Å². The maximum Gasteiger partial charge on any atom is 0.225 e. The summed E-state index contributed by atoms with van der Waals surface area (Å²) in [6.45, 7) is 2.70. The second-order valence-corrected chi connectivity index (χ2v) is 4.95. The summed E-state index contributed by atoms with van der Waals surface area (Å²) in [6.07, 6.45) is 3.86. The van der Waals surface area contributed by atoms with Crippen LogP contribution in [0.4, 0.5) is 0 Å². The van der Waals surface area contributed by atoms with Gasteiger partial charge in [-0.2, -0.15) is 0 Å². The fraction of sp³-hybridized carbons (Fsp3) is 0.917. The molecule has 0 aromatic carbocycles. The van der Waals surface area contributed by atoms with Gasteiger partial charge in [0, 0.05) is 19.5 Å². The molecule has 0 radical (unpaired) electrons. The summed E-state index contributed by atoms with van der Waals surface area (Å²) in [5, 5.41) is 9.27. The molecule has 16 heavy (non-hydrogen) atoms. The van der Waals surface area contributed by atoms with Crippen LogP contribution in [0.15, 0.2) is 0 Å². The molecule has 4 heteroatoms. The molecule has 1 fully saturated rings. The van der Waals surface area contributed by atoms with E-state index in [0.717, 1.165) is 19.3 Å². The minimum Gasteiger partial charge on any atom is -0.392 e. The number of likely N-dealkylation sites (N-methyl/N-ethyl adjacent to an activating group) is 1. The number of aliphatic hydroxyl groups excluding tert-OH is 1. The van der Waals surface area contributed by atoms with Crippen molar-refractivity contribution in [3.63, 3.8) is 0 Å². The molecule has 3 unspecified atom stereocenters. The van der Waals surface area contributed by atoms with Crippen molar-refractivity contribution in [3.8, 4) is 0 Å². The number of amides is 1. The van der Waals surface area contributed by atoms with Gasteiger partial charge in [-0.3, -0.25) is 4.79 Å². The second-order valence-electron chi connectivity index (χ2n) is 4.95. The molecule has 0 aromatic heterocycles. The van der Waals surface area contributed by atoms with Gasteiger partial charge in [0.15, 0.2) is 0 Å². The molecule has 1 amide bonds. The van der Waals surface area contributed by atoms with E-state index in [1.54, 1.807) is 18.9 Å². The lowest BCUT2D eigenvalue weighted by molar-refractivity contribution is -0.138. The lowest BCUT2D eigenvalue weighted by Crippen LogP contribution is -2.42. The van der Waals surface area contributed by atoms with Crippen LogP contribution in [0.25, 0.3) is 0 Å². The summed E-state index contributed by atoms with van der Waals surface area (Å²) in [7, 11) is 1.76. The monoisotopic (exact) mass is 228 g/mol. The van der Waals surface area contributed by atoms with Crippen molar-refractivity contribution >= 4 is 5.91 Å². The maximum absolute atomic E-state index is 12.2. The summed E-state index contributed by atoms with van der Waals surface area (Å²) in [4.78, 5) is 13.8. The van der Waals surface area contributed by atoms with E-state index < -0.39 is 6.10 Å². The highest BCUT2D eigenvalue weighted by atomic mass is 16.3. The fourth-order valence-corrected chi connectivity index (χ4v) is 2.58. The first-order chi connectivity index (χ1) is 7.56. The molecule has 0 bridgehead atoms. The van der Waals surface area contributed by atoms with Crippen LogP contribution >= 0.6 is 0 Å². The lowest BCUT2D eigenvalue weighted by atomic mass is 9.78. The average molecular weight is 228 g/mol. The first-order valence-corrected chi connectivity index (χ1v) is 6.19. The molecule has 3 N–H and O–H groups in total. The van der Waals surface area contributed by atoms with Crippen molar-refractivity contribution in [1.29, 1.82) is 0 Å². The molecule has 1 saturated carbocycles. The zero-order chi connectivity index (χ0) is 12.1. The number of carbonyl (C=O) groups excluding carboxylic acids is 1. The second kappa shape index (κ2) is 6.21. The van der Waals surface area contributed by atoms with Crippen LogP contribution in [0, 0.1) is 11.8 Å². The quantitative estimate of drug-likeness (QED) is 0.740. The van der Waals surface area contributed by atoms with Gasteiger partial charge in [0.25, 0.3) is 0 Å². The van der Waals surface area contributed by atoms with E-state index in [4.69, 9.17) is 5.73 Å². The lowest BCUT2D eigenvalue weighted by Gasteiger charge is -2.33. The predicted octanol–water partition coefficient (Wildman–Crippen LogP) is 0.591. The van der Waals surface area contributed by atoms with Gasteiger partial charge in [-0.25, -0.2) is 0 Å². The van der Waals surface area contributed by atoms with Crippen LogP contribution < -0.4 is 5.73 Å². The Morgan fingerprint density at radius 2 is 2.12 bits per heavy atom. The third-order valence-electron chi connectivity index (χ3n) is 3.44. The molecule has 1 rings (SSSR count). The molecule has 0 aromatic rings. The highest BCUT2D eigenvalue weighted by molar-refractivity contribution is 5.79. The highest BCUT2D eigenvalue weighted by Gasteiger charge is 2.31. The van der Waals surface area contributed by atoms with Gasteiger partial charge in [0.1, 0.15) is 0 Å². The Labute approximate surface area is 97.8 Å². The van der Waals surface area contributed by atoms with Gasteiger partial charge in [0.2, 0.25) is 5.91 Å². The Morgan fingerprint density at radius 3 is 2.69 bits per heavy atom. The fourth-order valence-electron chi connectivity index (χ4n) is 2.58. The van der Waals surface area contributed by atoms with Gasteiger partial charge in [-0.1, -0.05) is 12.8 Å². The van der Waals surface area contributed by atoms with Crippen molar-refractivity contribution in [2.24, 2.45) is 17.6 Å². The van der Waals surface area contributed by atoms with E-state index in [9.17, 15) is 9.90 Å². The third-order valence-corrected chi connectivity index (χ3v) is 3.44. The molecule has 1 aliphatic carbocycles. The van der Waals surface area contributed by atoms with Gasteiger partial charge in [0.05, 0.1) is 6.10 Å². The molecule has 94 valence electrons. The molecule has 0 heterocycles. The number of hydrogen-bond donors (Lipinski definition) is 2. The number of nitrogens with two attached hydrogens (primary N) is 1. The highest BCUT2D eigenvalue weighted by Crippen LogP contribution is 2.30. The Hall–Kier alpha value is -0.610. The summed E-state index contributed by atoms with van der Waals surface area (Å²) in [6, 6.07) is 0. The van der Waals surface area contributed by atoms with E-state index in [1.807, 2.05) is 0 Å². The number of aliphatic hydroxyl groups is 1. The van der Waals surface area contributed by atoms with Crippen molar-refractivity contribution in [2.75, 3.05) is 20.1 Å². The Kier molecular flexibility index (Phi) is 5.22. The van der Waals surface area contributed by atoms with E-state index >= 15 is 0 Å². The summed E-state index contributed by atoms with van der Waals surface area (Å²) in [5.74, 6) is 0.552. The number of nitrogens with zero attached hydrogens (tertiary/aromatic N) is 1. The number of carbonyl (C=O) groups is 1. The Morgan fingerprint density at radius 1 is 1.50 bits per heavy atom. The number of hydrogen-bond acceptors (Lipinski definition) is 3. The molecule has 0 aliphatic heterocycles. The first kappa shape index (κ1) is 13.5. The molecular formula is C12H24N2O2. The predicted molar refractivity (Wildman–Crippen MR) is 63.8 cm³/mol. The van der Waals surface area contributed by atoms with Crippen molar-refractivity contribution in [2.45, 2.75) is 38.7 Å². The van der Waals surface area contributed by atoms with E-state index in [-0.39, 0.29) is 11.8 Å². The van der Waals surface area contributed by atoms with Gasteiger partial charge >= 0.3 is 0 Å². The minimum atomic E-state index is -0.464. The van der Waals surface area contributed by atoms with Crippen LogP contribution in [-0.4, -0.2) is 42.2 Å². The molecule has 4 nitrogen and oxygen atoms in total. The van der Waals surface area contributed by atoms with Gasteiger partial charge < -0.3 is 15.7 Å². The zero-order valence-electron chi connectivity index (χ0n) is 10.4. The van der Waals surface area contributed by atoms with Crippen LogP contribution in [-0.2, 0) is 4.79 Å². The SMILES string of the molecule is CC(O)CN(C)C(=O)C1CCCCC1CN. The number of rotatable bonds is 4. The summed E-state index contributed by atoms with van der Waals surface area (Å²) >= 11 is 0. The summed E-state index contributed by atoms with van der Waals surface area (Å²) in [5.41, 5.74) is 5.71. The third kappa shape index (κ3) is 3.46. The Balaban J connectivity index is 2.56. The summed E-state index contributed by atoms with van der Waals surface area (Å²) < 4.78 is 0. The van der Waals surface area contributed by atoms with Crippen LogP contribution in [0.5, 0.6) is 0 Å². The smallest absolute Gasteiger partial charge is 0.225 e. The van der Waals surface area contributed by atoms with E-state index in [1.165, 1.54) is 6.42 Å². The average Bonchev–Trinajstić information content (AvgIpc) is 2.27. The molecule has 0 spiro atoms. The van der Waals surface area contributed by atoms with Crippen LogP contribution in [0.3, 0.4) is 0 Å². The van der Waals surface area contributed by atoms with Crippen molar-refractivity contribution in [1.82, 2.24) is 4.90 Å². The molecule has 1 aliphatic rings. The van der Waals surface area contributed by atoms with Gasteiger partial charge in [-0.05, 0) is 32.2 Å². The van der Waals surface area contributed by atoms with Crippen molar-refractivity contribution in [3.05, 3.63) is 0 Å². The maximum atomic E-state index is 12.2. The Bertz CT molecular complexity index is 231. The first-order valence-electron chi connectivity index (χ1n) is 6.19. The van der Waals surface area contributed by atoms with Crippen molar-refractivity contribution < 1.29 is 9.90 Å². The molecule has 0 saturated heterocycles. The molecular weight excluding hydrogens is 204 g/mol. The largest absolute Gasteiger partial charge is 0.392 e. The normalized spacial score (nSPS) is 27.5.